The first-order valence-electron chi connectivity index (χ1n) is 5.64. The second-order valence-corrected chi connectivity index (χ2v) is 6.95. The van der Waals surface area contributed by atoms with Crippen molar-refractivity contribution in [2.75, 3.05) is 18.1 Å². The Labute approximate surface area is 103 Å². The molecule has 0 aliphatic carbocycles. The standard InChI is InChI=1S/C10H19NO3S.ClH/c1-8-4-2-3-5-11(8)9-6-15(13,14)7-10(9)12;/h8-10,12H,2-7H2,1H3;1H/p-1. The fraction of sp³-hybridized carbons (Fsp3) is 1.00. The Morgan fingerprint density at radius 3 is 2.44 bits per heavy atom. The fourth-order valence-corrected chi connectivity index (χ4v) is 4.55. The molecule has 16 heavy (non-hydrogen) atoms. The Bertz CT molecular complexity index is 333. The molecular formula is C10H19ClNO3S-. The van der Waals surface area contributed by atoms with Crippen LogP contribution in [0.2, 0.25) is 0 Å². The summed E-state index contributed by atoms with van der Waals surface area (Å²) in [4.78, 5) is 2.18. The molecule has 0 amide bonds. The Balaban J connectivity index is 0.00000128. The van der Waals surface area contributed by atoms with Crippen molar-refractivity contribution in [3.8, 4) is 0 Å². The van der Waals surface area contributed by atoms with E-state index in [1.165, 1.54) is 6.42 Å². The van der Waals surface area contributed by atoms with Crippen LogP contribution in [0.3, 0.4) is 0 Å². The van der Waals surface area contributed by atoms with E-state index in [1.54, 1.807) is 0 Å². The molecule has 6 heteroatoms. The fourth-order valence-electron chi connectivity index (χ4n) is 2.74. The molecule has 0 saturated carbocycles. The van der Waals surface area contributed by atoms with E-state index in [-0.39, 0.29) is 30.0 Å². The molecule has 0 aromatic carbocycles. The number of piperidine rings is 1. The van der Waals surface area contributed by atoms with Crippen molar-refractivity contribution in [3.63, 3.8) is 0 Å². The molecule has 2 heterocycles. The van der Waals surface area contributed by atoms with Gasteiger partial charge in [0.25, 0.3) is 0 Å². The van der Waals surface area contributed by atoms with Crippen LogP contribution in [0.15, 0.2) is 0 Å². The van der Waals surface area contributed by atoms with Gasteiger partial charge in [-0.05, 0) is 26.3 Å². The number of rotatable bonds is 1. The number of halogens is 1. The zero-order valence-electron chi connectivity index (χ0n) is 9.47. The van der Waals surface area contributed by atoms with Gasteiger partial charge in [-0.25, -0.2) is 8.42 Å². The first kappa shape index (κ1) is 14.2. The molecule has 0 spiro atoms. The third kappa shape index (κ3) is 2.88. The van der Waals surface area contributed by atoms with Gasteiger partial charge in [-0.3, -0.25) is 4.90 Å². The average molecular weight is 269 g/mol. The molecule has 3 unspecified atom stereocenters. The van der Waals surface area contributed by atoms with E-state index in [2.05, 4.69) is 11.8 Å². The molecule has 0 aromatic rings. The molecule has 2 aliphatic rings. The molecule has 0 bridgehead atoms. The van der Waals surface area contributed by atoms with Crippen molar-refractivity contribution in [2.24, 2.45) is 0 Å². The molecule has 96 valence electrons. The molecule has 0 aromatic heterocycles. The lowest BCUT2D eigenvalue weighted by Crippen LogP contribution is -3.00. The van der Waals surface area contributed by atoms with Gasteiger partial charge in [0.2, 0.25) is 0 Å². The summed E-state index contributed by atoms with van der Waals surface area (Å²) in [6.07, 6.45) is 2.76. The lowest BCUT2D eigenvalue weighted by atomic mass is 10.00. The lowest BCUT2D eigenvalue weighted by molar-refractivity contribution is -0.00000785. The normalized spacial score (nSPS) is 39.2. The summed E-state index contributed by atoms with van der Waals surface area (Å²) in [5.41, 5.74) is 0. The maximum atomic E-state index is 11.4. The summed E-state index contributed by atoms with van der Waals surface area (Å²) in [5, 5.41) is 9.77. The largest absolute Gasteiger partial charge is 1.00 e. The van der Waals surface area contributed by atoms with Crippen molar-refractivity contribution in [1.82, 2.24) is 4.90 Å². The van der Waals surface area contributed by atoms with E-state index in [1.807, 2.05) is 0 Å². The maximum absolute atomic E-state index is 11.4. The van der Waals surface area contributed by atoms with Crippen molar-refractivity contribution in [1.29, 1.82) is 0 Å². The van der Waals surface area contributed by atoms with Gasteiger partial charge < -0.3 is 17.5 Å². The van der Waals surface area contributed by atoms with Crippen LogP contribution in [0.5, 0.6) is 0 Å². The number of aliphatic hydroxyl groups excluding tert-OH is 1. The molecule has 2 saturated heterocycles. The zero-order chi connectivity index (χ0) is 11.1. The van der Waals surface area contributed by atoms with Gasteiger partial charge in [-0.15, -0.1) is 0 Å². The van der Waals surface area contributed by atoms with Crippen LogP contribution in [0, 0.1) is 0 Å². The lowest BCUT2D eigenvalue weighted by Gasteiger charge is -2.38. The highest BCUT2D eigenvalue weighted by molar-refractivity contribution is 7.91. The molecule has 3 atom stereocenters. The smallest absolute Gasteiger partial charge is 0.154 e. The Morgan fingerprint density at radius 1 is 1.25 bits per heavy atom. The monoisotopic (exact) mass is 268 g/mol. The number of sulfone groups is 1. The number of likely N-dealkylation sites (tertiary alicyclic amines) is 1. The highest BCUT2D eigenvalue weighted by atomic mass is 35.5. The van der Waals surface area contributed by atoms with E-state index in [9.17, 15) is 13.5 Å². The van der Waals surface area contributed by atoms with Crippen LogP contribution < -0.4 is 12.4 Å². The highest BCUT2D eigenvalue weighted by Crippen LogP contribution is 2.25. The summed E-state index contributed by atoms with van der Waals surface area (Å²) in [6.45, 7) is 3.05. The van der Waals surface area contributed by atoms with Crippen LogP contribution in [-0.4, -0.2) is 54.7 Å². The minimum Gasteiger partial charge on any atom is -1.00 e. The molecule has 2 rings (SSSR count). The summed E-state index contributed by atoms with van der Waals surface area (Å²) in [5.74, 6) is 0.0827. The maximum Gasteiger partial charge on any atom is 0.154 e. The predicted octanol–water partition coefficient (Wildman–Crippen LogP) is -2.98. The van der Waals surface area contributed by atoms with Crippen LogP contribution in [-0.2, 0) is 9.84 Å². The molecule has 2 aliphatic heterocycles. The minimum atomic E-state index is -3.01. The second kappa shape index (κ2) is 5.21. The second-order valence-electron chi connectivity index (χ2n) is 4.79. The number of hydrogen-bond acceptors (Lipinski definition) is 4. The summed E-state index contributed by atoms with van der Waals surface area (Å²) >= 11 is 0. The quantitative estimate of drug-likeness (QED) is 0.552. The molecule has 1 N–H and O–H groups in total. The third-order valence-electron chi connectivity index (χ3n) is 3.57. The van der Waals surface area contributed by atoms with Gasteiger partial charge in [0.05, 0.1) is 23.7 Å². The molecule has 2 fully saturated rings. The summed E-state index contributed by atoms with van der Waals surface area (Å²) in [6, 6.07) is 0.247. The van der Waals surface area contributed by atoms with Crippen molar-refractivity contribution in [2.45, 2.75) is 44.4 Å². The van der Waals surface area contributed by atoms with Gasteiger partial charge in [0, 0.05) is 6.04 Å². The Kier molecular flexibility index (Phi) is 4.63. The zero-order valence-corrected chi connectivity index (χ0v) is 11.0. The van der Waals surface area contributed by atoms with Crippen LogP contribution in [0.4, 0.5) is 0 Å². The van der Waals surface area contributed by atoms with E-state index in [0.29, 0.717) is 6.04 Å². The third-order valence-corrected chi connectivity index (χ3v) is 5.27. The SMILES string of the molecule is CC1CCCCN1C1CS(=O)(=O)CC1O.[Cl-]. The van der Waals surface area contributed by atoms with Crippen LogP contribution in [0.25, 0.3) is 0 Å². The minimum absolute atomic E-state index is 0. The van der Waals surface area contributed by atoms with Gasteiger partial charge in [-0.1, -0.05) is 6.42 Å². The molecular weight excluding hydrogens is 250 g/mol. The van der Waals surface area contributed by atoms with Crippen LogP contribution >= 0.6 is 0 Å². The first-order chi connectivity index (χ1) is 6.99. The van der Waals surface area contributed by atoms with Crippen molar-refractivity contribution >= 4 is 9.84 Å². The number of aliphatic hydroxyl groups is 1. The van der Waals surface area contributed by atoms with Gasteiger partial charge in [0.1, 0.15) is 0 Å². The first-order valence-corrected chi connectivity index (χ1v) is 7.46. The van der Waals surface area contributed by atoms with Crippen molar-refractivity contribution in [3.05, 3.63) is 0 Å². The van der Waals surface area contributed by atoms with Crippen molar-refractivity contribution < 1.29 is 25.9 Å². The highest BCUT2D eigenvalue weighted by Gasteiger charge is 2.41. The Hall–Kier alpha value is 0.160. The predicted molar refractivity (Wildman–Crippen MR) is 58.5 cm³/mol. The van der Waals surface area contributed by atoms with Gasteiger partial charge in [0.15, 0.2) is 9.84 Å². The van der Waals surface area contributed by atoms with E-state index in [4.69, 9.17) is 0 Å². The van der Waals surface area contributed by atoms with Gasteiger partial charge in [-0.2, -0.15) is 0 Å². The average Bonchev–Trinajstić information content (AvgIpc) is 2.40. The topological polar surface area (TPSA) is 57.6 Å². The van der Waals surface area contributed by atoms with Crippen LogP contribution in [0.1, 0.15) is 26.2 Å². The summed E-state index contributed by atoms with van der Waals surface area (Å²) in [7, 11) is -3.01. The Morgan fingerprint density at radius 2 is 1.94 bits per heavy atom. The number of hydrogen-bond donors (Lipinski definition) is 1. The van der Waals surface area contributed by atoms with E-state index in [0.717, 1.165) is 19.4 Å². The summed E-state index contributed by atoms with van der Waals surface area (Å²) < 4.78 is 22.8. The van der Waals surface area contributed by atoms with E-state index < -0.39 is 15.9 Å². The molecule has 4 nitrogen and oxygen atoms in total. The van der Waals surface area contributed by atoms with Gasteiger partial charge >= 0.3 is 0 Å². The number of nitrogens with zero attached hydrogens (tertiary/aromatic N) is 1. The van der Waals surface area contributed by atoms with E-state index >= 15 is 0 Å². The molecule has 0 radical (unpaired) electrons.